The van der Waals surface area contributed by atoms with Gasteiger partial charge < -0.3 is 19.7 Å². The van der Waals surface area contributed by atoms with E-state index in [0.29, 0.717) is 55.5 Å². The number of hydrogen-bond acceptors (Lipinski definition) is 2. The molecule has 5 rings (SSSR count). The number of rotatable bonds is 4. The van der Waals surface area contributed by atoms with E-state index in [0.717, 1.165) is 16.5 Å². The number of carbonyl (C=O) groups excluding carboxylic acids is 2. The summed E-state index contributed by atoms with van der Waals surface area (Å²) in [6.07, 6.45) is 0.716. The minimum atomic E-state index is -0.181. The number of nitrogens with zero attached hydrogens (tertiary/aromatic N) is 3. The maximum Gasteiger partial charge on any atom is 0.321 e. The Bertz CT molecular complexity index is 1350. The molecule has 1 saturated heterocycles. The molecule has 1 N–H and O–H groups in total. The quantitative estimate of drug-likeness (QED) is 0.401. The molecule has 0 bridgehead atoms. The molecule has 2 heterocycles. The standard InChI is InChI=1S/C28H27ClN4O2/c29-23-11-6-12-24(19-23)30-28(35)32-15-7-14-31(16-17-32)27(34)26-18-22-10-4-5-13-25(22)33(26)20-21-8-2-1-3-9-21/h1-6,8-13,18-19H,7,14-17,20H2,(H,30,35). The van der Waals surface area contributed by atoms with E-state index in [2.05, 4.69) is 28.1 Å². The van der Waals surface area contributed by atoms with Gasteiger partial charge in [-0.2, -0.15) is 0 Å². The molecule has 0 unspecified atom stereocenters. The fourth-order valence-electron chi connectivity index (χ4n) is 4.58. The molecule has 3 amide bonds. The minimum Gasteiger partial charge on any atom is -0.336 e. The Morgan fingerprint density at radius 1 is 0.800 bits per heavy atom. The number of amides is 3. The van der Waals surface area contributed by atoms with Crippen molar-refractivity contribution < 1.29 is 9.59 Å². The average Bonchev–Trinajstić information content (AvgIpc) is 3.05. The predicted octanol–water partition coefficient (Wildman–Crippen LogP) is 5.72. The molecule has 1 aromatic heterocycles. The number of nitrogens with one attached hydrogen (secondary N) is 1. The van der Waals surface area contributed by atoms with Crippen molar-refractivity contribution in [2.24, 2.45) is 0 Å². The summed E-state index contributed by atoms with van der Waals surface area (Å²) in [7, 11) is 0. The molecule has 0 saturated carbocycles. The first-order chi connectivity index (χ1) is 17.1. The van der Waals surface area contributed by atoms with Crippen molar-refractivity contribution in [1.29, 1.82) is 0 Å². The zero-order valence-electron chi connectivity index (χ0n) is 19.4. The molecule has 0 aliphatic carbocycles. The first kappa shape index (κ1) is 23.0. The third-order valence-electron chi connectivity index (χ3n) is 6.36. The van der Waals surface area contributed by atoms with E-state index in [1.54, 1.807) is 23.1 Å². The number of halogens is 1. The summed E-state index contributed by atoms with van der Waals surface area (Å²) in [5.41, 5.74) is 3.51. The number of carbonyl (C=O) groups is 2. The summed E-state index contributed by atoms with van der Waals surface area (Å²) in [5.74, 6) is -0.00534. The number of urea groups is 1. The van der Waals surface area contributed by atoms with Gasteiger partial charge in [0, 0.05) is 54.3 Å². The molecular formula is C28H27ClN4O2. The van der Waals surface area contributed by atoms with Crippen LogP contribution in [0.25, 0.3) is 10.9 Å². The second-order valence-corrected chi connectivity index (χ2v) is 9.17. The summed E-state index contributed by atoms with van der Waals surface area (Å²) in [4.78, 5) is 30.1. The van der Waals surface area contributed by atoms with Crippen LogP contribution in [0, 0.1) is 0 Å². The summed E-state index contributed by atoms with van der Waals surface area (Å²) in [6, 6.07) is 27.2. The number of aromatic nitrogens is 1. The number of hydrogen-bond donors (Lipinski definition) is 1. The topological polar surface area (TPSA) is 57.6 Å². The maximum atomic E-state index is 13.7. The highest BCUT2D eigenvalue weighted by Crippen LogP contribution is 2.23. The Labute approximate surface area is 209 Å². The van der Waals surface area contributed by atoms with Gasteiger partial charge in [-0.25, -0.2) is 4.79 Å². The van der Waals surface area contributed by atoms with E-state index in [1.165, 1.54) is 0 Å². The van der Waals surface area contributed by atoms with Gasteiger partial charge in [-0.3, -0.25) is 4.79 Å². The van der Waals surface area contributed by atoms with Crippen LogP contribution in [-0.2, 0) is 6.54 Å². The molecule has 1 aliphatic rings. The van der Waals surface area contributed by atoms with Gasteiger partial charge in [0.25, 0.3) is 5.91 Å². The lowest BCUT2D eigenvalue weighted by molar-refractivity contribution is 0.0753. The lowest BCUT2D eigenvalue weighted by atomic mass is 10.2. The lowest BCUT2D eigenvalue weighted by Crippen LogP contribution is -2.39. The van der Waals surface area contributed by atoms with E-state index < -0.39 is 0 Å². The van der Waals surface area contributed by atoms with Gasteiger partial charge in [-0.1, -0.05) is 66.2 Å². The molecule has 178 valence electrons. The van der Waals surface area contributed by atoms with Gasteiger partial charge in [-0.05, 0) is 42.3 Å². The largest absolute Gasteiger partial charge is 0.336 e. The molecular weight excluding hydrogens is 460 g/mol. The van der Waals surface area contributed by atoms with Crippen molar-refractivity contribution in [3.8, 4) is 0 Å². The summed E-state index contributed by atoms with van der Waals surface area (Å²) in [5, 5.41) is 4.52. The first-order valence-electron chi connectivity index (χ1n) is 11.8. The van der Waals surface area contributed by atoms with Gasteiger partial charge in [0.15, 0.2) is 0 Å². The Balaban J connectivity index is 1.33. The summed E-state index contributed by atoms with van der Waals surface area (Å²) < 4.78 is 2.10. The zero-order valence-corrected chi connectivity index (χ0v) is 20.1. The predicted molar refractivity (Wildman–Crippen MR) is 140 cm³/mol. The lowest BCUT2D eigenvalue weighted by Gasteiger charge is -2.23. The zero-order chi connectivity index (χ0) is 24.2. The van der Waals surface area contributed by atoms with Crippen LogP contribution in [0.2, 0.25) is 5.02 Å². The first-order valence-corrected chi connectivity index (χ1v) is 12.2. The molecule has 0 atom stereocenters. The molecule has 1 aliphatic heterocycles. The van der Waals surface area contributed by atoms with Crippen LogP contribution >= 0.6 is 11.6 Å². The Morgan fingerprint density at radius 3 is 2.37 bits per heavy atom. The minimum absolute atomic E-state index is 0.00534. The Morgan fingerprint density at radius 2 is 1.54 bits per heavy atom. The molecule has 4 aromatic rings. The van der Waals surface area contributed by atoms with E-state index in [9.17, 15) is 9.59 Å². The highest BCUT2D eigenvalue weighted by molar-refractivity contribution is 6.30. The van der Waals surface area contributed by atoms with E-state index in [1.807, 2.05) is 53.4 Å². The molecule has 35 heavy (non-hydrogen) atoms. The van der Waals surface area contributed by atoms with Crippen LogP contribution in [0.1, 0.15) is 22.5 Å². The van der Waals surface area contributed by atoms with Crippen LogP contribution in [0.3, 0.4) is 0 Å². The molecule has 6 nitrogen and oxygen atoms in total. The third kappa shape index (κ3) is 5.17. The van der Waals surface area contributed by atoms with Crippen molar-refractivity contribution in [3.05, 3.63) is 101 Å². The van der Waals surface area contributed by atoms with Crippen molar-refractivity contribution >= 4 is 40.1 Å². The van der Waals surface area contributed by atoms with Gasteiger partial charge in [-0.15, -0.1) is 0 Å². The molecule has 3 aromatic carbocycles. The van der Waals surface area contributed by atoms with E-state index in [4.69, 9.17) is 11.6 Å². The monoisotopic (exact) mass is 486 g/mol. The average molecular weight is 487 g/mol. The Kier molecular flexibility index (Phi) is 6.73. The van der Waals surface area contributed by atoms with Crippen LogP contribution < -0.4 is 5.32 Å². The number of fused-ring (bicyclic) bond motifs is 1. The van der Waals surface area contributed by atoms with Crippen LogP contribution in [0.5, 0.6) is 0 Å². The highest BCUT2D eigenvalue weighted by atomic mass is 35.5. The third-order valence-corrected chi connectivity index (χ3v) is 6.59. The summed E-state index contributed by atoms with van der Waals surface area (Å²) >= 11 is 6.03. The van der Waals surface area contributed by atoms with Crippen LogP contribution in [-0.4, -0.2) is 52.5 Å². The normalized spacial score (nSPS) is 14.1. The van der Waals surface area contributed by atoms with Crippen molar-refractivity contribution in [3.63, 3.8) is 0 Å². The molecule has 1 fully saturated rings. The van der Waals surface area contributed by atoms with Gasteiger partial charge in [0.1, 0.15) is 5.69 Å². The van der Waals surface area contributed by atoms with Gasteiger partial charge >= 0.3 is 6.03 Å². The molecule has 0 spiro atoms. The van der Waals surface area contributed by atoms with Gasteiger partial charge in [0.2, 0.25) is 0 Å². The number of benzene rings is 3. The fourth-order valence-corrected chi connectivity index (χ4v) is 4.77. The second-order valence-electron chi connectivity index (χ2n) is 8.73. The van der Waals surface area contributed by atoms with Gasteiger partial charge in [0.05, 0.1) is 0 Å². The Hall–Kier alpha value is -3.77. The maximum absolute atomic E-state index is 13.7. The highest BCUT2D eigenvalue weighted by Gasteiger charge is 2.25. The van der Waals surface area contributed by atoms with Crippen molar-refractivity contribution in [1.82, 2.24) is 14.4 Å². The SMILES string of the molecule is O=C(Nc1cccc(Cl)c1)N1CCCN(C(=O)c2cc3ccccc3n2Cc2ccccc2)CC1. The second kappa shape index (κ2) is 10.2. The van der Waals surface area contributed by atoms with Crippen molar-refractivity contribution in [2.45, 2.75) is 13.0 Å². The van der Waals surface area contributed by atoms with E-state index in [-0.39, 0.29) is 11.9 Å². The fraction of sp³-hybridized carbons (Fsp3) is 0.214. The number of para-hydroxylation sites is 1. The number of anilines is 1. The van der Waals surface area contributed by atoms with E-state index >= 15 is 0 Å². The van der Waals surface area contributed by atoms with Crippen LogP contribution in [0.15, 0.2) is 84.9 Å². The smallest absolute Gasteiger partial charge is 0.321 e. The summed E-state index contributed by atoms with van der Waals surface area (Å²) in [6.45, 7) is 2.76. The molecule has 7 heteroatoms. The van der Waals surface area contributed by atoms with Crippen molar-refractivity contribution in [2.75, 3.05) is 31.5 Å². The molecule has 0 radical (unpaired) electrons. The van der Waals surface area contributed by atoms with Crippen LogP contribution in [0.4, 0.5) is 10.5 Å².